The zero-order chi connectivity index (χ0) is 17.3. The van der Waals surface area contributed by atoms with Gasteiger partial charge in [-0.25, -0.2) is 4.68 Å². The Balaban J connectivity index is 0.00000225. The fourth-order valence-corrected chi connectivity index (χ4v) is 3.19. The summed E-state index contributed by atoms with van der Waals surface area (Å²) in [7, 11) is 0. The Hall–Kier alpha value is -2.05. The van der Waals surface area contributed by atoms with Crippen molar-refractivity contribution in [1.82, 2.24) is 14.7 Å². The first-order valence-corrected chi connectivity index (χ1v) is 8.39. The average molecular weight is 365 g/mol. The molecule has 2 heterocycles. The van der Waals surface area contributed by atoms with Crippen molar-refractivity contribution in [3.05, 3.63) is 51.9 Å². The fraction of sp³-hybridized carbons (Fsp3) is 0.444. The minimum absolute atomic E-state index is 0. The van der Waals surface area contributed by atoms with Crippen molar-refractivity contribution in [3.63, 3.8) is 0 Å². The molecule has 0 radical (unpaired) electrons. The molecule has 1 saturated heterocycles. The highest BCUT2D eigenvalue weighted by atomic mass is 35.5. The number of aromatic nitrogens is 2. The van der Waals surface area contributed by atoms with Crippen LogP contribution in [0.3, 0.4) is 0 Å². The molecule has 0 saturated carbocycles. The van der Waals surface area contributed by atoms with E-state index < -0.39 is 0 Å². The van der Waals surface area contributed by atoms with Gasteiger partial charge in [-0.3, -0.25) is 14.7 Å². The number of carbonyl (C=O) groups is 1. The molecule has 1 atom stereocenters. The van der Waals surface area contributed by atoms with Gasteiger partial charge in [-0.15, -0.1) is 12.4 Å². The molecule has 1 amide bonds. The summed E-state index contributed by atoms with van der Waals surface area (Å²) in [5, 5.41) is 2.94. The molecular formula is C18H25ClN4O2. The second-order valence-electron chi connectivity index (χ2n) is 6.67. The Morgan fingerprint density at radius 3 is 2.40 bits per heavy atom. The number of nitrogens with zero attached hydrogens (tertiary/aromatic N) is 2. The number of hydrogen-bond donors (Lipinski definition) is 2. The van der Waals surface area contributed by atoms with E-state index in [-0.39, 0.29) is 29.9 Å². The second-order valence-corrected chi connectivity index (χ2v) is 6.67. The molecule has 1 unspecified atom stereocenters. The minimum atomic E-state index is -0.229. The number of H-pyrrole nitrogens is 1. The molecule has 3 N–H and O–H groups in total. The molecule has 2 aromatic rings. The van der Waals surface area contributed by atoms with Gasteiger partial charge in [0.1, 0.15) is 5.69 Å². The van der Waals surface area contributed by atoms with Gasteiger partial charge < -0.3 is 10.6 Å². The number of likely N-dealkylation sites (tertiary alicyclic amines) is 1. The SMILES string of the molecule is Cc1ccc(-n2[nH]c(C(=O)N3CCC(C(C)N)CC3)cc2=O)cc1.Cl. The molecule has 1 aliphatic heterocycles. The summed E-state index contributed by atoms with van der Waals surface area (Å²) < 4.78 is 1.40. The van der Waals surface area contributed by atoms with Crippen LogP contribution in [0.25, 0.3) is 5.69 Å². The van der Waals surface area contributed by atoms with Crippen molar-refractivity contribution >= 4 is 18.3 Å². The lowest BCUT2D eigenvalue weighted by atomic mass is 9.91. The molecule has 25 heavy (non-hydrogen) atoms. The molecule has 7 heteroatoms. The van der Waals surface area contributed by atoms with Crippen LogP contribution in [0, 0.1) is 12.8 Å². The Kier molecular flexibility index (Phi) is 6.08. The summed E-state index contributed by atoms with van der Waals surface area (Å²) >= 11 is 0. The van der Waals surface area contributed by atoms with Crippen molar-refractivity contribution in [3.8, 4) is 5.69 Å². The Labute approximate surface area is 153 Å². The lowest BCUT2D eigenvalue weighted by Gasteiger charge is -2.33. The van der Waals surface area contributed by atoms with Gasteiger partial charge in [0, 0.05) is 25.2 Å². The van der Waals surface area contributed by atoms with Gasteiger partial charge in [0.05, 0.1) is 5.69 Å². The van der Waals surface area contributed by atoms with Crippen molar-refractivity contribution in [2.24, 2.45) is 11.7 Å². The summed E-state index contributed by atoms with van der Waals surface area (Å²) in [6.45, 7) is 5.37. The Morgan fingerprint density at radius 2 is 1.84 bits per heavy atom. The quantitative estimate of drug-likeness (QED) is 0.874. The Morgan fingerprint density at radius 1 is 1.24 bits per heavy atom. The van der Waals surface area contributed by atoms with E-state index in [4.69, 9.17) is 5.73 Å². The maximum Gasteiger partial charge on any atom is 0.271 e. The normalized spacial score (nSPS) is 16.4. The van der Waals surface area contributed by atoms with Crippen molar-refractivity contribution < 1.29 is 4.79 Å². The highest BCUT2D eigenvalue weighted by molar-refractivity contribution is 5.92. The largest absolute Gasteiger partial charge is 0.337 e. The molecule has 0 aliphatic carbocycles. The lowest BCUT2D eigenvalue weighted by molar-refractivity contribution is 0.0674. The maximum absolute atomic E-state index is 12.6. The number of aromatic amines is 1. The van der Waals surface area contributed by atoms with E-state index in [1.807, 2.05) is 38.1 Å². The number of aryl methyl sites for hydroxylation is 1. The third kappa shape index (κ3) is 4.14. The first-order chi connectivity index (χ1) is 11.5. The van der Waals surface area contributed by atoms with Crippen molar-refractivity contribution in [2.45, 2.75) is 32.7 Å². The van der Waals surface area contributed by atoms with Crippen LogP contribution in [-0.4, -0.2) is 39.7 Å². The van der Waals surface area contributed by atoms with E-state index in [2.05, 4.69) is 5.10 Å². The van der Waals surface area contributed by atoms with Crippen LogP contribution in [0.5, 0.6) is 0 Å². The van der Waals surface area contributed by atoms with Gasteiger partial charge >= 0.3 is 0 Å². The monoisotopic (exact) mass is 364 g/mol. The Bertz CT molecular complexity index is 771. The van der Waals surface area contributed by atoms with Crippen LogP contribution >= 0.6 is 12.4 Å². The molecule has 6 nitrogen and oxygen atoms in total. The zero-order valence-electron chi connectivity index (χ0n) is 14.6. The highest BCUT2D eigenvalue weighted by Crippen LogP contribution is 2.20. The molecule has 0 spiro atoms. The molecule has 1 aliphatic rings. The van der Waals surface area contributed by atoms with Gasteiger partial charge in [0.25, 0.3) is 11.5 Å². The van der Waals surface area contributed by atoms with E-state index in [0.717, 1.165) is 24.1 Å². The van der Waals surface area contributed by atoms with E-state index in [1.54, 1.807) is 4.90 Å². The fourth-order valence-electron chi connectivity index (χ4n) is 3.19. The molecule has 136 valence electrons. The van der Waals surface area contributed by atoms with Crippen LogP contribution in [0.15, 0.2) is 35.1 Å². The third-order valence-corrected chi connectivity index (χ3v) is 4.81. The first kappa shape index (κ1) is 19.3. The summed E-state index contributed by atoms with van der Waals surface area (Å²) in [4.78, 5) is 26.6. The molecule has 1 fully saturated rings. The van der Waals surface area contributed by atoms with Gasteiger partial charge in [0.15, 0.2) is 0 Å². The average Bonchev–Trinajstić information content (AvgIpc) is 2.97. The van der Waals surface area contributed by atoms with Crippen molar-refractivity contribution in [2.75, 3.05) is 13.1 Å². The van der Waals surface area contributed by atoms with E-state index in [0.29, 0.717) is 24.7 Å². The number of carbonyl (C=O) groups excluding carboxylic acids is 1. The number of nitrogens with one attached hydrogen (secondary N) is 1. The number of benzene rings is 1. The van der Waals surface area contributed by atoms with Crippen LogP contribution in [0.1, 0.15) is 35.8 Å². The maximum atomic E-state index is 12.6. The van der Waals surface area contributed by atoms with Crippen LogP contribution in [0.2, 0.25) is 0 Å². The molecular weight excluding hydrogens is 340 g/mol. The van der Waals surface area contributed by atoms with Gasteiger partial charge in [-0.05, 0) is 44.7 Å². The van der Waals surface area contributed by atoms with Crippen LogP contribution in [0.4, 0.5) is 0 Å². The molecule has 0 bridgehead atoms. The zero-order valence-corrected chi connectivity index (χ0v) is 15.4. The first-order valence-electron chi connectivity index (χ1n) is 8.39. The number of rotatable bonds is 3. The smallest absolute Gasteiger partial charge is 0.271 e. The second kappa shape index (κ2) is 7.89. The number of nitrogens with two attached hydrogens (primary N) is 1. The van der Waals surface area contributed by atoms with Gasteiger partial charge in [-0.2, -0.15) is 0 Å². The number of halogens is 1. The van der Waals surface area contributed by atoms with Gasteiger partial charge in [0.2, 0.25) is 0 Å². The summed E-state index contributed by atoms with van der Waals surface area (Å²) in [5.74, 6) is 0.339. The third-order valence-electron chi connectivity index (χ3n) is 4.81. The summed E-state index contributed by atoms with van der Waals surface area (Å²) in [5.41, 5.74) is 7.89. The van der Waals surface area contributed by atoms with Crippen LogP contribution in [-0.2, 0) is 0 Å². The predicted molar refractivity (Wildman–Crippen MR) is 101 cm³/mol. The highest BCUT2D eigenvalue weighted by Gasteiger charge is 2.26. The van der Waals surface area contributed by atoms with E-state index in [9.17, 15) is 9.59 Å². The predicted octanol–water partition coefficient (Wildman–Crippen LogP) is 2.10. The standard InChI is InChI=1S/C18H24N4O2.ClH/c1-12-3-5-15(6-4-12)22-17(23)11-16(20-22)18(24)21-9-7-14(8-10-21)13(2)19;/h3-6,11,13-14,20H,7-10,19H2,1-2H3;1H. The number of piperidine rings is 1. The van der Waals surface area contributed by atoms with E-state index >= 15 is 0 Å². The van der Waals surface area contributed by atoms with Crippen LogP contribution < -0.4 is 11.3 Å². The van der Waals surface area contributed by atoms with Crippen molar-refractivity contribution in [1.29, 1.82) is 0 Å². The van der Waals surface area contributed by atoms with Gasteiger partial charge in [-0.1, -0.05) is 17.7 Å². The summed E-state index contributed by atoms with van der Waals surface area (Å²) in [6.07, 6.45) is 1.82. The summed E-state index contributed by atoms with van der Waals surface area (Å²) in [6, 6.07) is 9.11. The number of hydrogen-bond acceptors (Lipinski definition) is 3. The number of amides is 1. The molecule has 1 aromatic carbocycles. The lowest BCUT2D eigenvalue weighted by Crippen LogP contribution is -2.42. The molecule has 3 rings (SSSR count). The topological polar surface area (TPSA) is 84.1 Å². The molecule has 1 aromatic heterocycles. The minimum Gasteiger partial charge on any atom is -0.337 e. The van der Waals surface area contributed by atoms with E-state index in [1.165, 1.54) is 10.7 Å².